The predicted octanol–water partition coefficient (Wildman–Crippen LogP) is 5.52. The molecule has 0 atom stereocenters. The van der Waals surface area contributed by atoms with Crippen molar-refractivity contribution in [3.63, 3.8) is 0 Å². The van der Waals surface area contributed by atoms with Gasteiger partial charge in [0, 0.05) is 11.4 Å². The predicted molar refractivity (Wildman–Crippen MR) is 118 cm³/mol. The Labute approximate surface area is 171 Å². The minimum atomic E-state index is -0.283. The molecule has 150 valence electrons. The van der Waals surface area contributed by atoms with Crippen LogP contribution in [0.2, 0.25) is 0 Å². The topological polar surface area (TPSA) is 77.2 Å². The summed E-state index contributed by atoms with van der Waals surface area (Å²) in [6.07, 6.45) is 0.954. The van der Waals surface area contributed by atoms with Gasteiger partial charge in [-0.25, -0.2) is 4.98 Å². The molecular formula is C24H27N3O2. The molecule has 0 aliphatic heterocycles. The van der Waals surface area contributed by atoms with E-state index in [4.69, 9.17) is 10.5 Å². The quantitative estimate of drug-likeness (QED) is 0.581. The molecule has 3 rings (SSSR count). The van der Waals surface area contributed by atoms with E-state index in [1.165, 1.54) is 5.56 Å². The number of aryl methyl sites for hydroxylation is 2. The Morgan fingerprint density at radius 2 is 1.79 bits per heavy atom. The van der Waals surface area contributed by atoms with Crippen LogP contribution >= 0.6 is 0 Å². The number of nitrogens with one attached hydrogen (secondary N) is 1. The first-order chi connectivity index (χ1) is 13.8. The second-order valence-corrected chi connectivity index (χ2v) is 7.61. The number of benzene rings is 2. The third kappa shape index (κ3) is 5.13. The molecule has 0 aliphatic carbocycles. The summed E-state index contributed by atoms with van der Waals surface area (Å²) in [7, 11) is 0. The monoisotopic (exact) mass is 389 g/mol. The second-order valence-electron chi connectivity index (χ2n) is 7.61. The molecule has 0 aliphatic rings. The van der Waals surface area contributed by atoms with Crippen LogP contribution < -0.4 is 15.8 Å². The number of carbonyl (C=O) groups excluding carboxylic acids is 1. The van der Waals surface area contributed by atoms with Crippen molar-refractivity contribution in [2.75, 3.05) is 11.1 Å². The smallest absolute Gasteiger partial charge is 0.259 e. The molecule has 0 unspecified atom stereocenters. The van der Waals surface area contributed by atoms with Gasteiger partial charge in [-0.15, -0.1) is 0 Å². The summed E-state index contributed by atoms with van der Waals surface area (Å²) >= 11 is 0. The number of anilines is 2. The van der Waals surface area contributed by atoms with Gasteiger partial charge < -0.3 is 15.8 Å². The van der Waals surface area contributed by atoms with Crippen LogP contribution in [-0.2, 0) is 6.42 Å². The van der Waals surface area contributed by atoms with Crippen molar-refractivity contribution in [2.45, 2.75) is 34.1 Å². The average molecular weight is 389 g/mol. The van der Waals surface area contributed by atoms with E-state index in [1.807, 2.05) is 56.3 Å². The van der Waals surface area contributed by atoms with Gasteiger partial charge in [-0.3, -0.25) is 4.79 Å². The van der Waals surface area contributed by atoms with Crippen molar-refractivity contribution in [1.82, 2.24) is 4.98 Å². The fourth-order valence-corrected chi connectivity index (χ4v) is 3.05. The Balaban J connectivity index is 1.71. The van der Waals surface area contributed by atoms with Gasteiger partial charge in [0.2, 0.25) is 0 Å². The molecule has 0 bridgehead atoms. The molecule has 29 heavy (non-hydrogen) atoms. The largest absolute Gasteiger partial charge is 0.457 e. The van der Waals surface area contributed by atoms with Crippen LogP contribution in [0.25, 0.3) is 0 Å². The number of carbonyl (C=O) groups is 1. The molecule has 0 fully saturated rings. The second kappa shape index (κ2) is 8.78. The van der Waals surface area contributed by atoms with E-state index in [0.29, 0.717) is 22.9 Å². The van der Waals surface area contributed by atoms with Crippen molar-refractivity contribution in [2.24, 2.45) is 5.92 Å². The van der Waals surface area contributed by atoms with E-state index in [0.717, 1.165) is 23.4 Å². The highest BCUT2D eigenvalue weighted by atomic mass is 16.5. The number of nitrogens with zero attached hydrogens (tertiary/aromatic N) is 1. The summed E-state index contributed by atoms with van der Waals surface area (Å²) in [6.45, 7) is 8.14. The lowest BCUT2D eigenvalue weighted by Crippen LogP contribution is -2.15. The van der Waals surface area contributed by atoms with Gasteiger partial charge >= 0.3 is 0 Å². The summed E-state index contributed by atoms with van der Waals surface area (Å²) < 4.78 is 6.06. The fraction of sp³-hybridized carbons (Fsp3) is 0.250. The third-order valence-electron chi connectivity index (χ3n) is 4.68. The van der Waals surface area contributed by atoms with E-state index < -0.39 is 0 Å². The van der Waals surface area contributed by atoms with Crippen LogP contribution in [-0.4, -0.2) is 10.9 Å². The Kier molecular flexibility index (Phi) is 6.17. The highest BCUT2D eigenvalue weighted by Crippen LogP contribution is 2.28. The van der Waals surface area contributed by atoms with Gasteiger partial charge in [0.05, 0.1) is 5.56 Å². The zero-order chi connectivity index (χ0) is 21.0. The Morgan fingerprint density at radius 3 is 2.48 bits per heavy atom. The highest BCUT2D eigenvalue weighted by Gasteiger charge is 2.13. The molecule has 3 aromatic rings. The molecule has 3 N–H and O–H groups in total. The molecule has 1 heterocycles. The number of aromatic nitrogens is 1. The number of nitrogens with two attached hydrogens (primary N) is 1. The number of pyridine rings is 1. The van der Waals surface area contributed by atoms with Crippen molar-refractivity contribution in [1.29, 1.82) is 0 Å². The number of hydrogen-bond donors (Lipinski definition) is 2. The molecule has 1 amide bonds. The zero-order valence-electron chi connectivity index (χ0n) is 17.3. The first kappa shape index (κ1) is 20.4. The van der Waals surface area contributed by atoms with Crippen LogP contribution in [0.4, 0.5) is 11.5 Å². The maximum Gasteiger partial charge on any atom is 0.259 e. The normalized spacial score (nSPS) is 10.8. The van der Waals surface area contributed by atoms with Gasteiger partial charge in [0.25, 0.3) is 5.91 Å². The summed E-state index contributed by atoms with van der Waals surface area (Å²) in [5, 5.41) is 2.86. The van der Waals surface area contributed by atoms with Gasteiger partial charge in [-0.1, -0.05) is 32.0 Å². The molecule has 5 nitrogen and oxygen atoms in total. The lowest BCUT2D eigenvalue weighted by atomic mass is 10.0. The summed E-state index contributed by atoms with van der Waals surface area (Å²) in [5.41, 5.74) is 9.87. The molecule has 5 heteroatoms. The molecule has 0 spiro atoms. The van der Waals surface area contributed by atoms with Crippen molar-refractivity contribution >= 4 is 17.4 Å². The first-order valence-corrected chi connectivity index (χ1v) is 9.74. The molecule has 0 saturated carbocycles. The van der Waals surface area contributed by atoms with Crippen LogP contribution in [0.3, 0.4) is 0 Å². The number of para-hydroxylation sites is 1. The minimum absolute atomic E-state index is 0.229. The van der Waals surface area contributed by atoms with Gasteiger partial charge in [-0.05, 0) is 73.7 Å². The van der Waals surface area contributed by atoms with Gasteiger partial charge in [-0.2, -0.15) is 0 Å². The van der Waals surface area contributed by atoms with E-state index in [-0.39, 0.29) is 11.7 Å². The summed E-state index contributed by atoms with van der Waals surface area (Å²) in [4.78, 5) is 16.8. The Bertz CT molecular complexity index is 1010. The van der Waals surface area contributed by atoms with Crippen molar-refractivity contribution in [3.8, 4) is 11.5 Å². The van der Waals surface area contributed by atoms with Crippen molar-refractivity contribution < 1.29 is 9.53 Å². The molecule has 2 aromatic carbocycles. The lowest BCUT2D eigenvalue weighted by molar-refractivity contribution is 0.102. The molecular weight excluding hydrogens is 362 g/mol. The number of rotatable bonds is 6. The van der Waals surface area contributed by atoms with Gasteiger partial charge in [0.15, 0.2) is 0 Å². The maximum atomic E-state index is 12.6. The fourth-order valence-electron chi connectivity index (χ4n) is 3.05. The standard InChI is InChI=1S/C24H27N3O2/c1-15(2)13-18-7-5-6-8-22(18)29-20-11-9-19(10-12-20)27-24(28)21-14-16(3)17(4)26-23(21)25/h5-12,14-15H,13H2,1-4H3,(H2,25,26)(H,27,28). The SMILES string of the molecule is Cc1cc(C(=O)Nc2ccc(Oc3ccccc3CC(C)C)cc2)c(N)nc1C. The van der Waals surface area contributed by atoms with Crippen molar-refractivity contribution in [3.05, 3.63) is 77.0 Å². The van der Waals surface area contributed by atoms with Crippen LogP contribution in [0.5, 0.6) is 11.5 Å². The van der Waals surface area contributed by atoms with E-state index in [9.17, 15) is 4.79 Å². The summed E-state index contributed by atoms with van der Waals surface area (Å²) in [6, 6.07) is 17.1. The lowest BCUT2D eigenvalue weighted by Gasteiger charge is -2.13. The maximum absolute atomic E-state index is 12.6. The number of hydrogen-bond acceptors (Lipinski definition) is 4. The van der Waals surface area contributed by atoms with Gasteiger partial charge in [0.1, 0.15) is 17.3 Å². The average Bonchev–Trinajstić information content (AvgIpc) is 2.67. The molecule has 1 aromatic heterocycles. The van der Waals surface area contributed by atoms with Crippen LogP contribution in [0.15, 0.2) is 54.6 Å². The summed E-state index contributed by atoms with van der Waals surface area (Å²) in [5.74, 6) is 2.06. The minimum Gasteiger partial charge on any atom is -0.457 e. The number of amides is 1. The van der Waals surface area contributed by atoms with E-state index in [2.05, 4.69) is 30.2 Å². The third-order valence-corrected chi connectivity index (χ3v) is 4.68. The number of ether oxygens (including phenoxy) is 1. The highest BCUT2D eigenvalue weighted by molar-refractivity contribution is 6.07. The zero-order valence-corrected chi connectivity index (χ0v) is 17.3. The van der Waals surface area contributed by atoms with E-state index in [1.54, 1.807) is 6.07 Å². The van der Waals surface area contributed by atoms with Crippen LogP contribution in [0, 0.1) is 19.8 Å². The molecule has 0 saturated heterocycles. The van der Waals surface area contributed by atoms with E-state index >= 15 is 0 Å². The number of nitrogen functional groups attached to an aromatic ring is 1. The Hall–Kier alpha value is -3.34. The Morgan fingerprint density at radius 1 is 1.10 bits per heavy atom. The molecule has 0 radical (unpaired) electrons. The first-order valence-electron chi connectivity index (χ1n) is 9.74. The van der Waals surface area contributed by atoms with Crippen LogP contribution in [0.1, 0.15) is 41.0 Å².